The van der Waals surface area contributed by atoms with Crippen LogP contribution in [0.2, 0.25) is 0 Å². The summed E-state index contributed by atoms with van der Waals surface area (Å²) in [6.45, 7) is 2.38. The topological polar surface area (TPSA) is 102 Å². The molecule has 8 nitrogen and oxygen atoms in total. The number of nitrogens with one attached hydrogen (secondary N) is 1. The number of amides is 4. The van der Waals surface area contributed by atoms with Crippen molar-refractivity contribution in [3.05, 3.63) is 35.9 Å². The first kappa shape index (κ1) is 27.9. The molecule has 0 heterocycles. The van der Waals surface area contributed by atoms with Gasteiger partial charge in [-0.1, -0.05) is 54.8 Å². The number of hydrogen-bond donors (Lipinski definition) is 1. The fraction of sp³-hybridized carbons (Fsp3) is 0.583. The lowest BCUT2D eigenvalue weighted by Gasteiger charge is -2.37. The number of imide groups is 2. The van der Waals surface area contributed by atoms with Crippen LogP contribution in [0.1, 0.15) is 64.4 Å². The van der Waals surface area contributed by atoms with Gasteiger partial charge in [-0.2, -0.15) is 4.42 Å². The molecule has 1 aliphatic carbocycles. The highest BCUT2D eigenvalue weighted by molar-refractivity contribution is 6.28. The Bertz CT molecular complexity index is 838. The van der Waals surface area contributed by atoms with E-state index in [9.17, 15) is 19.2 Å². The average Bonchev–Trinajstić information content (AvgIpc) is 2.78. The first-order chi connectivity index (χ1) is 16.2. The second-order valence-corrected chi connectivity index (χ2v) is 9.33. The number of halogens is 2. The number of hydrogen-bond acceptors (Lipinski definition) is 6. The smallest absolute Gasteiger partial charge is 0.432 e. The van der Waals surface area contributed by atoms with Gasteiger partial charge in [0.15, 0.2) is 5.56 Å². The lowest BCUT2D eigenvalue weighted by molar-refractivity contribution is -0.123. The van der Waals surface area contributed by atoms with Crippen LogP contribution in [0.5, 0.6) is 0 Å². The van der Waals surface area contributed by atoms with Crippen molar-refractivity contribution in [1.29, 1.82) is 0 Å². The van der Waals surface area contributed by atoms with Crippen LogP contribution in [0.15, 0.2) is 30.3 Å². The third-order valence-corrected chi connectivity index (χ3v) is 6.70. The van der Waals surface area contributed by atoms with E-state index in [0.717, 1.165) is 32.1 Å². The van der Waals surface area contributed by atoms with E-state index in [1.54, 1.807) is 0 Å². The summed E-state index contributed by atoms with van der Waals surface area (Å²) in [5, 5.41) is 2.06. The largest absolute Gasteiger partial charge is 0.445 e. The van der Waals surface area contributed by atoms with Crippen LogP contribution in [-0.4, -0.2) is 40.1 Å². The summed E-state index contributed by atoms with van der Waals surface area (Å²) in [4.78, 5) is 46.3. The van der Waals surface area contributed by atoms with Gasteiger partial charge in [0.05, 0.1) is 0 Å². The number of carbonyl (C=O) groups is 4. The number of unbranched alkanes of at least 4 members (excludes halogenated alkanes) is 2. The van der Waals surface area contributed by atoms with E-state index in [0.29, 0.717) is 23.7 Å². The van der Waals surface area contributed by atoms with Crippen molar-refractivity contribution in [2.24, 2.45) is 11.8 Å². The number of ether oxygens (including phenoxy) is 2. The lowest BCUT2D eigenvalue weighted by atomic mass is 9.75. The van der Waals surface area contributed by atoms with Crippen molar-refractivity contribution in [2.75, 3.05) is 0 Å². The van der Waals surface area contributed by atoms with Gasteiger partial charge in [0, 0.05) is 31.5 Å². The maximum absolute atomic E-state index is 12.1. The van der Waals surface area contributed by atoms with Crippen LogP contribution in [-0.2, 0) is 25.5 Å². The molecule has 0 aliphatic heterocycles. The number of benzene rings is 1. The van der Waals surface area contributed by atoms with Gasteiger partial charge in [-0.05, 0) is 50.0 Å². The minimum Gasteiger partial charge on any atom is -0.445 e. The molecule has 10 heteroatoms. The van der Waals surface area contributed by atoms with Crippen molar-refractivity contribution < 1.29 is 28.7 Å². The summed E-state index contributed by atoms with van der Waals surface area (Å²) in [5.74, 6) is -1.29. The van der Waals surface area contributed by atoms with E-state index in [1.807, 2.05) is 18.2 Å². The minimum atomic E-state index is -0.924. The van der Waals surface area contributed by atoms with Gasteiger partial charge in [0.1, 0.15) is 6.10 Å². The van der Waals surface area contributed by atoms with Crippen LogP contribution in [0.4, 0.5) is 9.59 Å². The van der Waals surface area contributed by atoms with E-state index in [4.69, 9.17) is 32.9 Å². The molecule has 1 aromatic carbocycles. The summed E-state index contributed by atoms with van der Waals surface area (Å²) in [5.41, 5.74) is 0.374. The zero-order valence-electron chi connectivity index (χ0n) is 19.5. The van der Waals surface area contributed by atoms with Gasteiger partial charge in [-0.15, -0.1) is 0 Å². The molecule has 1 unspecified atom stereocenters. The van der Waals surface area contributed by atoms with Gasteiger partial charge >= 0.3 is 12.2 Å². The highest BCUT2D eigenvalue weighted by Crippen LogP contribution is 2.39. The van der Waals surface area contributed by atoms with E-state index in [-0.39, 0.29) is 11.8 Å². The molecule has 1 fully saturated rings. The molecular weight excluding hydrogens is 483 g/mol. The maximum atomic E-state index is 12.1. The first-order valence-electron chi connectivity index (χ1n) is 11.5. The Labute approximate surface area is 210 Å². The number of rotatable bonds is 9. The second kappa shape index (κ2) is 14.2. The van der Waals surface area contributed by atoms with E-state index in [1.165, 1.54) is 19.4 Å². The molecule has 2 rings (SSSR count). The number of alkyl halides is 1. The summed E-state index contributed by atoms with van der Waals surface area (Å²) in [6, 6.07) is 10.3. The summed E-state index contributed by atoms with van der Waals surface area (Å²) < 4.78 is 11.1. The highest BCUT2D eigenvalue weighted by Gasteiger charge is 2.38. The molecule has 1 saturated carbocycles. The Morgan fingerprint density at radius 3 is 2.44 bits per heavy atom. The van der Waals surface area contributed by atoms with Gasteiger partial charge in [0.2, 0.25) is 11.8 Å². The molecule has 188 valence electrons. The van der Waals surface area contributed by atoms with Gasteiger partial charge in [-0.25, -0.2) is 9.59 Å². The van der Waals surface area contributed by atoms with E-state index < -0.39 is 35.7 Å². The van der Waals surface area contributed by atoms with E-state index >= 15 is 0 Å². The second-order valence-electron chi connectivity index (χ2n) is 8.57. The molecular formula is C24H32Cl2N2O6. The number of nitrogens with zero attached hydrogens (tertiary/aromatic N) is 1. The first-order valence-corrected chi connectivity index (χ1v) is 12.3. The lowest BCUT2D eigenvalue weighted by Crippen LogP contribution is -2.40. The zero-order chi connectivity index (χ0) is 25.1. The van der Waals surface area contributed by atoms with Crippen LogP contribution < -0.4 is 5.32 Å². The summed E-state index contributed by atoms with van der Waals surface area (Å²) in [6.07, 6.45) is 4.15. The molecule has 34 heavy (non-hydrogen) atoms. The Morgan fingerprint density at radius 2 is 1.79 bits per heavy atom. The average molecular weight is 515 g/mol. The standard InChI is InChI=1S/C24H32Cl2N2O6/c1-16(29)27-23(31)34-22(25)21-14-13-20(33-24(32)28(26)17(2)30)15-19(21)12-8-4-7-11-18-9-5-3-6-10-18/h3,5-6,9-10,19-22H,4,7-8,11-15H2,1-2H3,(H,27,29,31)/t19-,20-,21+,22?/m1/s1. The molecule has 0 spiro atoms. The van der Waals surface area contributed by atoms with Gasteiger partial charge in [-0.3, -0.25) is 14.9 Å². The predicted molar refractivity (Wildman–Crippen MR) is 128 cm³/mol. The van der Waals surface area contributed by atoms with E-state index in [2.05, 4.69) is 17.4 Å². The van der Waals surface area contributed by atoms with Crippen molar-refractivity contribution in [3.8, 4) is 0 Å². The van der Waals surface area contributed by atoms with Crippen LogP contribution in [0.3, 0.4) is 0 Å². The monoisotopic (exact) mass is 514 g/mol. The Kier molecular flexibility index (Phi) is 11.6. The van der Waals surface area contributed by atoms with Crippen molar-refractivity contribution in [2.45, 2.75) is 76.9 Å². The highest BCUT2D eigenvalue weighted by atomic mass is 35.5. The molecule has 0 radical (unpaired) electrons. The van der Waals surface area contributed by atoms with Crippen LogP contribution >= 0.6 is 23.4 Å². The number of carbonyl (C=O) groups excluding carboxylic acids is 4. The fourth-order valence-electron chi connectivity index (χ4n) is 4.27. The van der Waals surface area contributed by atoms with Crippen molar-refractivity contribution in [1.82, 2.24) is 9.74 Å². The van der Waals surface area contributed by atoms with Gasteiger partial charge < -0.3 is 9.47 Å². The summed E-state index contributed by atoms with van der Waals surface area (Å²) in [7, 11) is 0. The SMILES string of the molecule is CC(=O)NC(=O)OC(Cl)[C@H]1CC[C@@H](OC(=O)N(Cl)C(C)=O)C[C@H]1CCCCCc1ccccc1. The third kappa shape index (κ3) is 9.50. The molecule has 4 amide bonds. The summed E-state index contributed by atoms with van der Waals surface area (Å²) >= 11 is 12.1. The molecule has 0 bridgehead atoms. The predicted octanol–water partition coefficient (Wildman–Crippen LogP) is 5.55. The Morgan fingerprint density at radius 1 is 1.09 bits per heavy atom. The third-order valence-electron chi connectivity index (χ3n) is 5.91. The maximum Gasteiger partial charge on any atom is 0.432 e. The fourth-order valence-corrected chi connectivity index (χ4v) is 4.72. The number of alkyl carbamates (subject to hydrolysis) is 1. The molecule has 0 aromatic heterocycles. The quantitative estimate of drug-likeness (QED) is 0.263. The molecule has 1 aromatic rings. The van der Waals surface area contributed by atoms with Crippen molar-refractivity contribution >= 4 is 47.4 Å². The minimum absolute atomic E-state index is 0.0250. The normalized spacial score (nSPS) is 20.6. The van der Waals surface area contributed by atoms with Crippen LogP contribution in [0, 0.1) is 11.8 Å². The Hall–Kier alpha value is -2.32. The van der Waals surface area contributed by atoms with Gasteiger partial charge in [0.25, 0.3) is 0 Å². The van der Waals surface area contributed by atoms with Crippen LogP contribution in [0.25, 0.3) is 0 Å². The van der Waals surface area contributed by atoms with Crippen molar-refractivity contribution in [3.63, 3.8) is 0 Å². The molecule has 0 saturated heterocycles. The number of aryl methyl sites for hydroxylation is 1. The zero-order valence-corrected chi connectivity index (χ0v) is 21.0. The molecule has 1 aliphatic rings. The molecule has 1 N–H and O–H groups in total. The molecule has 4 atom stereocenters. The Balaban J connectivity index is 1.93.